The van der Waals surface area contributed by atoms with Gasteiger partial charge in [0.1, 0.15) is 22.8 Å². The first-order chi connectivity index (χ1) is 18.6. The second kappa shape index (κ2) is 9.95. The standard InChI is InChI=1S/C31H28ClN3O3/c1-37-24-15-11-21(12-16-24)28-26-8-3-4-17-34-27(20-9-13-22(32)14-10-20)19-35(31(26)34)29(28)30(36)33-23-6-5-7-25(18-23)38-2/h5-7,9-16,18-19H,3-4,8,17H2,1-2H3,(H,33,36). The zero-order chi connectivity index (χ0) is 26.2. The molecule has 0 saturated carbocycles. The number of amides is 1. The second-order valence-electron chi connectivity index (χ2n) is 9.44. The molecule has 1 amide bonds. The molecular weight excluding hydrogens is 498 g/mol. The fraction of sp³-hybridized carbons (Fsp3) is 0.194. The van der Waals surface area contributed by atoms with Crippen molar-refractivity contribution in [2.75, 3.05) is 19.5 Å². The number of carbonyl (C=O) groups excluding carboxylic acids is 1. The molecule has 0 aliphatic carbocycles. The molecule has 0 atom stereocenters. The fourth-order valence-electron chi connectivity index (χ4n) is 5.42. The van der Waals surface area contributed by atoms with Crippen LogP contribution in [0.1, 0.15) is 28.9 Å². The van der Waals surface area contributed by atoms with Gasteiger partial charge in [0.2, 0.25) is 0 Å². The van der Waals surface area contributed by atoms with Gasteiger partial charge in [-0.25, -0.2) is 0 Å². The average Bonchev–Trinajstić information content (AvgIpc) is 3.36. The number of halogens is 1. The first-order valence-corrected chi connectivity index (χ1v) is 13.1. The highest BCUT2D eigenvalue weighted by molar-refractivity contribution is 6.30. The maximum absolute atomic E-state index is 14.1. The average molecular weight is 526 g/mol. The normalized spacial score (nSPS) is 12.8. The molecule has 7 heteroatoms. The molecular formula is C31H28ClN3O3. The van der Waals surface area contributed by atoms with E-state index in [1.165, 1.54) is 5.56 Å². The summed E-state index contributed by atoms with van der Waals surface area (Å²) >= 11 is 6.19. The Morgan fingerprint density at radius 3 is 2.37 bits per heavy atom. The van der Waals surface area contributed by atoms with E-state index in [4.69, 9.17) is 21.1 Å². The third-order valence-corrected chi connectivity index (χ3v) is 7.45. The molecule has 0 radical (unpaired) electrons. The van der Waals surface area contributed by atoms with Crippen molar-refractivity contribution in [3.05, 3.63) is 95.3 Å². The highest BCUT2D eigenvalue weighted by Gasteiger charge is 2.29. The Kier molecular flexibility index (Phi) is 6.34. The van der Waals surface area contributed by atoms with Gasteiger partial charge in [-0.2, -0.15) is 0 Å². The van der Waals surface area contributed by atoms with E-state index in [0.717, 1.165) is 59.6 Å². The summed E-state index contributed by atoms with van der Waals surface area (Å²) in [6, 6.07) is 23.2. The second-order valence-corrected chi connectivity index (χ2v) is 9.88. The van der Waals surface area contributed by atoms with Gasteiger partial charge >= 0.3 is 0 Å². The van der Waals surface area contributed by atoms with Crippen LogP contribution in [0.5, 0.6) is 11.5 Å². The third kappa shape index (κ3) is 4.21. The van der Waals surface area contributed by atoms with Crippen LogP contribution in [-0.4, -0.2) is 29.1 Å². The van der Waals surface area contributed by atoms with Gasteiger partial charge in [-0.15, -0.1) is 0 Å². The Bertz CT molecular complexity index is 1630. The van der Waals surface area contributed by atoms with Crippen LogP contribution in [0.2, 0.25) is 5.02 Å². The van der Waals surface area contributed by atoms with Crippen LogP contribution in [0, 0.1) is 0 Å². The number of rotatable bonds is 6. The number of carbonyl (C=O) groups is 1. The quantitative estimate of drug-likeness (QED) is 0.252. The number of benzene rings is 3. The van der Waals surface area contributed by atoms with Crippen LogP contribution < -0.4 is 14.8 Å². The van der Waals surface area contributed by atoms with Crippen molar-refractivity contribution in [1.82, 2.24) is 8.97 Å². The van der Waals surface area contributed by atoms with Crippen LogP contribution in [0.4, 0.5) is 5.69 Å². The predicted octanol–water partition coefficient (Wildman–Crippen LogP) is 7.33. The molecule has 3 heterocycles. The van der Waals surface area contributed by atoms with Crippen molar-refractivity contribution < 1.29 is 14.3 Å². The van der Waals surface area contributed by atoms with E-state index in [2.05, 4.69) is 20.5 Å². The Morgan fingerprint density at radius 2 is 1.63 bits per heavy atom. The van der Waals surface area contributed by atoms with Gasteiger partial charge < -0.3 is 19.4 Å². The highest BCUT2D eigenvalue weighted by atomic mass is 35.5. The molecule has 6 rings (SSSR count). The minimum atomic E-state index is -0.175. The van der Waals surface area contributed by atoms with E-state index in [1.54, 1.807) is 14.2 Å². The van der Waals surface area contributed by atoms with E-state index in [1.807, 2.05) is 72.8 Å². The van der Waals surface area contributed by atoms with Crippen molar-refractivity contribution in [2.45, 2.75) is 25.8 Å². The molecule has 6 nitrogen and oxygen atoms in total. The van der Waals surface area contributed by atoms with Crippen LogP contribution in [-0.2, 0) is 13.0 Å². The number of nitrogens with one attached hydrogen (secondary N) is 1. The minimum Gasteiger partial charge on any atom is -0.497 e. The van der Waals surface area contributed by atoms with E-state index in [9.17, 15) is 4.79 Å². The summed E-state index contributed by atoms with van der Waals surface area (Å²) in [4.78, 5) is 14.1. The van der Waals surface area contributed by atoms with E-state index >= 15 is 0 Å². The van der Waals surface area contributed by atoms with Gasteiger partial charge in [0.15, 0.2) is 0 Å². The van der Waals surface area contributed by atoms with Gasteiger partial charge in [-0.1, -0.05) is 41.9 Å². The van der Waals surface area contributed by atoms with Crippen LogP contribution in [0.15, 0.2) is 79.0 Å². The van der Waals surface area contributed by atoms with Crippen LogP contribution >= 0.6 is 11.6 Å². The first-order valence-electron chi connectivity index (χ1n) is 12.7. The van der Waals surface area contributed by atoms with Gasteiger partial charge in [0.05, 0.1) is 19.9 Å². The number of ether oxygens (including phenoxy) is 2. The van der Waals surface area contributed by atoms with Crippen LogP contribution in [0.3, 0.4) is 0 Å². The maximum Gasteiger partial charge on any atom is 0.273 e. The summed E-state index contributed by atoms with van der Waals surface area (Å²) in [6.45, 7) is 0.879. The Labute approximate surface area is 226 Å². The number of aryl methyl sites for hydroxylation is 2. The molecule has 5 aromatic rings. The monoisotopic (exact) mass is 525 g/mol. The van der Waals surface area contributed by atoms with Crippen molar-refractivity contribution in [3.8, 4) is 33.9 Å². The fourth-order valence-corrected chi connectivity index (χ4v) is 5.55. The number of hydrogen-bond acceptors (Lipinski definition) is 3. The Morgan fingerprint density at radius 1 is 0.895 bits per heavy atom. The Hall–Kier alpha value is -4.16. The topological polar surface area (TPSA) is 56.9 Å². The smallest absolute Gasteiger partial charge is 0.273 e. The van der Waals surface area contributed by atoms with Gasteiger partial charge in [-0.3, -0.25) is 9.20 Å². The predicted molar refractivity (Wildman–Crippen MR) is 152 cm³/mol. The van der Waals surface area contributed by atoms with Gasteiger partial charge in [0, 0.05) is 40.6 Å². The van der Waals surface area contributed by atoms with E-state index in [0.29, 0.717) is 22.2 Å². The molecule has 38 heavy (non-hydrogen) atoms. The molecule has 1 aliphatic heterocycles. The van der Waals surface area contributed by atoms with Crippen molar-refractivity contribution >= 4 is 28.8 Å². The summed E-state index contributed by atoms with van der Waals surface area (Å²) in [5.74, 6) is 1.29. The molecule has 0 spiro atoms. The zero-order valence-corrected chi connectivity index (χ0v) is 22.1. The molecule has 0 fully saturated rings. The number of anilines is 1. The van der Waals surface area contributed by atoms with Gasteiger partial charge in [-0.05, 0) is 66.8 Å². The zero-order valence-electron chi connectivity index (χ0n) is 21.3. The van der Waals surface area contributed by atoms with Crippen molar-refractivity contribution in [3.63, 3.8) is 0 Å². The van der Waals surface area contributed by atoms with E-state index < -0.39 is 0 Å². The molecule has 0 unspecified atom stereocenters. The lowest BCUT2D eigenvalue weighted by Crippen LogP contribution is -2.15. The van der Waals surface area contributed by atoms with Crippen molar-refractivity contribution in [1.29, 1.82) is 0 Å². The molecule has 2 aromatic heterocycles. The highest BCUT2D eigenvalue weighted by Crippen LogP contribution is 2.40. The third-order valence-electron chi connectivity index (χ3n) is 7.20. The summed E-state index contributed by atoms with van der Waals surface area (Å²) in [5, 5.41) is 3.81. The summed E-state index contributed by atoms with van der Waals surface area (Å²) in [5.41, 5.74) is 7.61. The summed E-state index contributed by atoms with van der Waals surface area (Å²) in [6.07, 6.45) is 5.08. The Balaban J connectivity index is 1.58. The van der Waals surface area contributed by atoms with Crippen LogP contribution in [0.25, 0.3) is 28.0 Å². The molecule has 0 saturated heterocycles. The minimum absolute atomic E-state index is 0.175. The molecule has 192 valence electrons. The SMILES string of the molecule is COc1ccc(-c2c3c4n(c(-c5ccc(Cl)cc5)cn4c2C(=O)Nc2cccc(OC)c2)CCCC3)cc1. The largest absolute Gasteiger partial charge is 0.497 e. The van der Waals surface area contributed by atoms with Crippen molar-refractivity contribution in [2.24, 2.45) is 0 Å². The molecule has 1 N–H and O–H groups in total. The number of nitrogens with zero attached hydrogens (tertiary/aromatic N) is 2. The lowest BCUT2D eigenvalue weighted by molar-refractivity contribution is 0.102. The van der Waals surface area contributed by atoms with Gasteiger partial charge in [0.25, 0.3) is 5.91 Å². The van der Waals surface area contributed by atoms with E-state index in [-0.39, 0.29) is 5.91 Å². The summed E-state index contributed by atoms with van der Waals surface area (Å²) in [7, 11) is 3.27. The molecule has 3 aromatic carbocycles. The first kappa shape index (κ1) is 24.2. The number of hydrogen-bond donors (Lipinski definition) is 1. The summed E-state index contributed by atoms with van der Waals surface area (Å²) < 4.78 is 15.2. The number of imidazole rings is 1. The number of methoxy groups -OCH3 is 2. The number of aromatic nitrogens is 2. The maximum atomic E-state index is 14.1. The lowest BCUT2D eigenvalue weighted by atomic mass is 9.97. The molecule has 1 aliphatic rings. The lowest BCUT2D eigenvalue weighted by Gasteiger charge is -2.11. The molecule has 0 bridgehead atoms.